The molecule has 0 bridgehead atoms. The van der Waals surface area contributed by atoms with E-state index in [2.05, 4.69) is 16.7 Å². The zero-order chi connectivity index (χ0) is 15.5. The summed E-state index contributed by atoms with van der Waals surface area (Å²) >= 11 is 0. The van der Waals surface area contributed by atoms with Gasteiger partial charge in [0.2, 0.25) is 0 Å². The van der Waals surface area contributed by atoms with Gasteiger partial charge in [0.1, 0.15) is 0 Å². The predicted molar refractivity (Wildman–Crippen MR) is 82.8 cm³/mol. The van der Waals surface area contributed by atoms with Crippen LogP contribution in [0.1, 0.15) is 23.6 Å². The first-order valence-electron chi connectivity index (χ1n) is 7.03. The number of nitrogens with one attached hydrogen (secondary N) is 2. The summed E-state index contributed by atoms with van der Waals surface area (Å²) in [6.07, 6.45) is 1.84. The fourth-order valence-electron chi connectivity index (χ4n) is 2.70. The lowest BCUT2D eigenvalue weighted by Gasteiger charge is -2.14. The molecule has 2 aromatic carbocycles. The number of aryl methyl sites for hydroxylation is 1. The molecule has 0 saturated heterocycles. The van der Waals surface area contributed by atoms with Crippen LogP contribution in [0, 0.1) is 10.1 Å². The number of non-ortho nitro benzene ring substituents is 1. The van der Waals surface area contributed by atoms with Crippen molar-refractivity contribution in [2.24, 2.45) is 0 Å². The average molecular weight is 297 g/mol. The van der Waals surface area contributed by atoms with Gasteiger partial charge in [0.05, 0.1) is 11.0 Å². The summed E-state index contributed by atoms with van der Waals surface area (Å²) in [7, 11) is 0. The molecule has 6 nitrogen and oxygen atoms in total. The molecule has 0 spiro atoms. The molecule has 22 heavy (non-hydrogen) atoms. The van der Waals surface area contributed by atoms with Gasteiger partial charge in [-0.25, -0.2) is 4.79 Å². The van der Waals surface area contributed by atoms with Crippen LogP contribution in [0.5, 0.6) is 0 Å². The Balaban J connectivity index is 1.62. The fraction of sp³-hybridized carbons (Fsp3) is 0.188. The van der Waals surface area contributed by atoms with Crippen LogP contribution in [-0.2, 0) is 6.42 Å². The molecule has 0 unspecified atom stereocenters. The van der Waals surface area contributed by atoms with Gasteiger partial charge in [0, 0.05) is 17.8 Å². The van der Waals surface area contributed by atoms with Gasteiger partial charge < -0.3 is 10.6 Å². The quantitative estimate of drug-likeness (QED) is 0.672. The maximum absolute atomic E-state index is 12.0. The molecule has 0 radical (unpaired) electrons. The smallest absolute Gasteiger partial charge is 0.319 e. The molecule has 1 aliphatic carbocycles. The van der Waals surface area contributed by atoms with E-state index in [0.29, 0.717) is 5.69 Å². The number of amides is 2. The van der Waals surface area contributed by atoms with Gasteiger partial charge in [0.15, 0.2) is 0 Å². The van der Waals surface area contributed by atoms with E-state index in [-0.39, 0.29) is 17.8 Å². The predicted octanol–water partition coefficient (Wildman–Crippen LogP) is 3.40. The highest BCUT2D eigenvalue weighted by atomic mass is 16.6. The van der Waals surface area contributed by atoms with Crippen molar-refractivity contribution in [3.8, 4) is 0 Å². The lowest BCUT2D eigenvalue weighted by Crippen LogP contribution is -2.31. The summed E-state index contributed by atoms with van der Waals surface area (Å²) in [5.74, 6) is 0. The van der Waals surface area contributed by atoms with Crippen LogP contribution < -0.4 is 10.6 Å². The number of fused-ring (bicyclic) bond motifs is 1. The molecule has 2 N–H and O–H groups in total. The maximum atomic E-state index is 12.0. The van der Waals surface area contributed by atoms with Crippen molar-refractivity contribution in [3.63, 3.8) is 0 Å². The Labute approximate surface area is 127 Å². The number of nitro groups is 1. The van der Waals surface area contributed by atoms with E-state index in [1.807, 2.05) is 18.2 Å². The summed E-state index contributed by atoms with van der Waals surface area (Å²) in [4.78, 5) is 22.2. The molecule has 0 aromatic heterocycles. The molecule has 6 heteroatoms. The molecular formula is C16H15N3O3. The molecule has 0 fully saturated rings. The lowest BCUT2D eigenvalue weighted by molar-refractivity contribution is -0.384. The SMILES string of the molecule is O=C(Nc1ccc([N+](=O)[O-])cc1)N[C@H]1CCc2ccccc21. The van der Waals surface area contributed by atoms with Gasteiger partial charge in [-0.05, 0) is 36.1 Å². The summed E-state index contributed by atoms with van der Waals surface area (Å²) in [6, 6.07) is 13.5. The van der Waals surface area contributed by atoms with Crippen LogP contribution in [0.15, 0.2) is 48.5 Å². The van der Waals surface area contributed by atoms with Crippen LogP contribution >= 0.6 is 0 Å². The molecule has 2 amide bonds. The van der Waals surface area contributed by atoms with Gasteiger partial charge in [-0.3, -0.25) is 10.1 Å². The Hall–Kier alpha value is -2.89. The molecule has 1 atom stereocenters. The topological polar surface area (TPSA) is 84.3 Å². The monoisotopic (exact) mass is 297 g/mol. The summed E-state index contributed by atoms with van der Waals surface area (Å²) in [5, 5.41) is 16.2. The minimum absolute atomic E-state index is 0.00400. The number of anilines is 1. The number of carbonyl (C=O) groups is 1. The highest BCUT2D eigenvalue weighted by molar-refractivity contribution is 5.89. The lowest BCUT2D eigenvalue weighted by atomic mass is 10.1. The number of nitrogens with zero attached hydrogens (tertiary/aromatic N) is 1. The van der Waals surface area contributed by atoms with Crippen molar-refractivity contribution >= 4 is 17.4 Å². The van der Waals surface area contributed by atoms with Crippen LogP contribution in [0.3, 0.4) is 0 Å². The van der Waals surface area contributed by atoms with Crippen molar-refractivity contribution in [1.82, 2.24) is 5.32 Å². The Morgan fingerprint density at radius 3 is 2.59 bits per heavy atom. The van der Waals surface area contributed by atoms with Crippen molar-refractivity contribution < 1.29 is 9.72 Å². The highest BCUT2D eigenvalue weighted by Gasteiger charge is 2.23. The number of rotatable bonds is 3. The van der Waals surface area contributed by atoms with Gasteiger partial charge >= 0.3 is 6.03 Å². The second-order valence-electron chi connectivity index (χ2n) is 5.19. The van der Waals surface area contributed by atoms with E-state index in [4.69, 9.17) is 0 Å². The third-order valence-electron chi connectivity index (χ3n) is 3.77. The zero-order valence-electron chi connectivity index (χ0n) is 11.8. The first-order chi connectivity index (χ1) is 10.6. The van der Waals surface area contributed by atoms with Gasteiger partial charge in [-0.15, -0.1) is 0 Å². The normalized spacial score (nSPS) is 15.9. The van der Waals surface area contributed by atoms with Crippen LogP contribution in [0.2, 0.25) is 0 Å². The van der Waals surface area contributed by atoms with Crippen molar-refractivity contribution in [2.45, 2.75) is 18.9 Å². The molecule has 0 heterocycles. The number of nitro benzene ring substituents is 1. The van der Waals surface area contributed by atoms with Crippen molar-refractivity contribution in [3.05, 3.63) is 69.8 Å². The minimum atomic E-state index is -0.473. The fourth-order valence-corrected chi connectivity index (χ4v) is 2.70. The van der Waals surface area contributed by atoms with Crippen LogP contribution in [0.4, 0.5) is 16.2 Å². The van der Waals surface area contributed by atoms with Gasteiger partial charge in [-0.1, -0.05) is 24.3 Å². The highest BCUT2D eigenvalue weighted by Crippen LogP contribution is 2.30. The van der Waals surface area contributed by atoms with Gasteiger partial charge in [0.25, 0.3) is 5.69 Å². The number of benzene rings is 2. The Bertz CT molecular complexity index is 713. The average Bonchev–Trinajstić information content (AvgIpc) is 2.91. The molecule has 1 aliphatic rings. The largest absolute Gasteiger partial charge is 0.331 e. The second-order valence-corrected chi connectivity index (χ2v) is 5.19. The van der Waals surface area contributed by atoms with E-state index >= 15 is 0 Å². The van der Waals surface area contributed by atoms with Crippen molar-refractivity contribution in [2.75, 3.05) is 5.32 Å². The summed E-state index contributed by atoms with van der Waals surface area (Å²) in [5.41, 5.74) is 2.94. The third-order valence-corrected chi connectivity index (χ3v) is 3.77. The van der Waals surface area contributed by atoms with E-state index in [0.717, 1.165) is 18.4 Å². The maximum Gasteiger partial charge on any atom is 0.319 e. The van der Waals surface area contributed by atoms with E-state index in [1.165, 1.54) is 29.8 Å². The number of hydrogen-bond acceptors (Lipinski definition) is 3. The first kappa shape index (κ1) is 14.1. The molecule has 0 aliphatic heterocycles. The zero-order valence-corrected chi connectivity index (χ0v) is 11.8. The molecule has 2 aromatic rings. The number of hydrogen-bond donors (Lipinski definition) is 2. The van der Waals surface area contributed by atoms with Gasteiger partial charge in [-0.2, -0.15) is 0 Å². The molecule has 0 saturated carbocycles. The van der Waals surface area contributed by atoms with E-state index < -0.39 is 4.92 Å². The summed E-state index contributed by atoms with van der Waals surface area (Å²) < 4.78 is 0. The number of urea groups is 1. The first-order valence-corrected chi connectivity index (χ1v) is 7.03. The van der Waals surface area contributed by atoms with E-state index in [1.54, 1.807) is 0 Å². The third kappa shape index (κ3) is 2.90. The Kier molecular flexibility index (Phi) is 3.74. The minimum Gasteiger partial charge on any atom is -0.331 e. The Morgan fingerprint density at radius 2 is 1.86 bits per heavy atom. The standard InChI is InChI=1S/C16H15N3O3/c20-16(17-12-6-8-13(9-7-12)19(21)22)18-15-10-5-11-3-1-2-4-14(11)15/h1-4,6-9,15H,5,10H2,(H2,17,18,20)/t15-/m0/s1. The Morgan fingerprint density at radius 1 is 1.14 bits per heavy atom. The van der Waals surface area contributed by atoms with Crippen molar-refractivity contribution in [1.29, 1.82) is 0 Å². The van der Waals surface area contributed by atoms with Crippen LogP contribution in [0.25, 0.3) is 0 Å². The second kappa shape index (κ2) is 5.85. The van der Waals surface area contributed by atoms with E-state index in [9.17, 15) is 14.9 Å². The van der Waals surface area contributed by atoms with Crippen LogP contribution in [-0.4, -0.2) is 11.0 Å². The summed E-state index contributed by atoms with van der Waals surface area (Å²) in [6.45, 7) is 0. The molecule has 3 rings (SSSR count). The molecular weight excluding hydrogens is 282 g/mol. The molecule has 112 valence electrons. The number of carbonyl (C=O) groups excluding carboxylic acids is 1.